The van der Waals surface area contributed by atoms with Crippen LogP contribution in [0.1, 0.15) is 0 Å². The van der Waals surface area contributed by atoms with Gasteiger partial charge in [0.15, 0.2) is 5.75 Å². The molecule has 5 nitrogen and oxygen atoms in total. The maximum atomic E-state index is 13.0. The number of aromatic amines is 1. The monoisotopic (exact) mass is 270 g/mol. The smallest absolute Gasteiger partial charge is 0.158 e. The van der Waals surface area contributed by atoms with E-state index >= 15 is 0 Å². The molecule has 0 aliphatic carbocycles. The van der Waals surface area contributed by atoms with Gasteiger partial charge in [0, 0.05) is 36.2 Å². The number of halogens is 1. The molecule has 0 fully saturated rings. The van der Waals surface area contributed by atoms with Crippen LogP contribution in [0.4, 0.5) is 10.1 Å². The molecule has 0 saturated heterocycles. The van der Waals surface area contributed by atoms with E-state index in [1.165, 1.54) is 12.1 Å². The summed E-state index contributed by atoms with van der Waals surface area (Å²) in [6.45, 7) is 0. The topological polar surface area (TPSA) is 62.8 Å². The van der Waals surface area contributed by atoms with E-state index < -0.39 is 0 Å². The Labute approximate surface area is 114 Å². The summed E-state index contributed by atoms with van der Waals surface area (Å²) < 4.78 is 13.0. The van der Waals surface area contributed by atoms with Crippen LogP contribution in [0.2, 0.25) is 0 Å². The fourth-order valence-electron chi connectivity index (χ4n) is 1.69. The van der Waals surface area contributed by atoms with Crippen molar-refractivity contribution in [3.8, 4) is 17.0 Å². The first kappa shape index (κ1) is 12.2. The summed E-state index contributed by atoms with van der Waals surface area (Å²) in [5, 5.41) is 6.59. The number of nitrogens with one attached hydrogen (secondary N) is 2. The molecule has 6 heteroatoms. The summed E-state index contributed by atoms with van der Waals surface area (Å²) in [6, 6.07) is 9.49. The average molecular weight is 270 g/mol. The molecule has 3 aromatic rings. The van der Waals surface area contributed by atoms with Crippen molar-refractivity contribution in [2.75, 3.05) is 5.48 Å². The molecule has 2 aromatic heterocycles. The van der Waals surface area contributed by atoms with E-state index in [9.17, 15) is 4.39 Å². The molecule has 0 aliphatic rings. The molecule has 0 saturated carbocycles. The van der Waals surface area contributed by atoms with E-state index in [4.69, 9.17) is 4.84 Å². The van der Waals surface area contributed by atoms with Crippen LogP contribution < -0.4 is 10.3 Å². The van der Waals surface area contributed by atoms with Crippen LogP contribution in [0.5, 0.6) is 5.75 Å². The molecule has 0 radical (unpaired) electrons. The lowest BCUT2D eigenvalue weighted by Gasteiger charge is -2.08. The van der Waals surface area contributed by atoms with Gasteiger partial charge in [0.2, 0.25) is 0 Å². The summed E-state index contributed by atoms with van der Waals surface area (Å²) in [7, 11) is 0. The molecule has 2 N–H and O–H groups in total. The molecule has 0 aliphatic heterocycles. The largest absolute Gasteiger partial charge is 0.382 e. The van der Waals surface area contributed by atoms with Gasteiger partial charge in [-0.1, -0.05) is 6.07 Å². The normalized spacial score (nSPS) is 10.2. The molecule has 20 heavy (non-hydrogen) atoms. The van der Waals surface area contributed by atoms with Crippen LogP contribution in [0.25, 0.3) is 11.3 Å². The Morgan fingerprint density at radius 1 is 1.20 bits per heavy atom. The highest BCUT2D eigenvalue weighted by Crippen LogP contribution is 2.20. The number of aromatic nitrogens is 3. The number of anilines is 1. The lowest BCUT2D eigenvalue weighted by molar-refractivity contribution is 0.404. The summed E-state index contributed by atoms with van der Waals surface area (Å²) >= 11 is 0. The van der Waals surface area contributed by atoms with Gasteiger partial charge in [0.25, 0.3) is 0 Å². The number of nitrogens with zero attached hydrogens (tertiary/aromatic N) is 2. The first-order valence-electron chi connectivity index (χ1n) is 5.95. The molecular weight excluding hydrogens is 259 g/mol. The van der Waals surface area contributed by atoms with E-state index in [-0.39, 0.29) is 5.82 Å². The third-order valence-corrected chi connectivity index (χ3v) is 2.64. The summed E-state index contributed by atoms with van der Waals surface area (Å²) in [5.74, 6) is 0.243. The van der Waals surface area contributed by atoms with E-state index in [1.807, 2.05) is 0 Å². The number of pyridine rings is 1. The predicted octanol–water partition coefficient (Wildman–Crippen LogP) is 3.02. The summed E-state index contributed by atoms with van der Waals surface area (Å²) in [6.07, 6.45) is 5.04. The minimum atomic E-state index is -0.326. The van der Waals surface area contributed by atoms with Crippen molar-refractivity contribution in [2.45, 2.75) is 0 Å². The van der Waals surface area contributed by atoms with Crippen molar-refractivity contribution in [1.29, 1.82) is 0 Å². The van der Waals surface area contributed by atoms with Gasteiger partial charge in [0.1, 0.15) is 5.82 Å². The van der Waals surface area contributed by atoms with E-state index in [0.717, 1.165) is 11.3 Å². The van der Waals surface area contributed by atoms with E-state index in [2.05, 4.69) is 20.7 Å². The summed E-state index contributed by atoms with van der Waals surface area (Å²) in [5.41, 5.74) is 4.81. The zero-order valence-corrected chi connectivity index (χ0v) is 10.4. The van der Waals surface area contributed by atoms with Crippen LogP contribution in [-0.2, 0) is 0 Å². The fourth-order valence-corrected chi connectivity index (χ4v) is 1.69. The lowest BCUT2D eigenvalue weighted by atomic mass is 10.2. The molecule has 2 heterocycles. The van der Waals surface area contributed by atoms with Crippen molar-refractivity contribution < 1.29 is 9.23 Å². The highest BCUT2D eigenvalue weighted by atomic mass is 19.1. The van der Waals surface area contributed by atoms with Crippen LogP contribution in [0.15, 0.2) is 55.0 Å². The van der Waals surface area contributed by atoms with E-state index in [0.29, 0.717) is 11.4 Å². The fraction of sp³-hybridized carbons (Fsp3) is 0. The van der Waals surface area contributed by atoms with Crippen molar-refractivity contribution in [3.05, 3.63) is 60.8 Å². The van der Waals surface area contributed by atoms with Gasteiger partial charge in [0.05, 0.1) is 17.6 Å². The van der Waals surface area contributed by atoms with Gasteiger partial charge in [-0.05, 0) is 12.1 Å². The number of benzene rings is 1. The van der Waals surface area contributed by atoms with Crippen LogP contribution in [0.3, 0.4) is 0 Å². The molecule has 0 spiro atoms. The minimum absolute atomic E-state index is 0.326. The quantitative estimate of drug-likeness (QED) is 0.715. The van der Waals surface area contributed by atoms with Crippen LogP contribution in [0, 0.1) is 5.82 Å². The molecule has 100 valence electrons. The van der Waals surface area contributed by atoms with Gasteiger partial charge in [-0.3, -0.25) is 10.1 Å². The first-order valence-corrected chi connectivity index (χ1v) is 5.95. The molecule has 0 unspecified atom stereocenters. The Morgan fingerprint density at radius 3 is 2.95 bits per heavy atom. The van der Waals surface area contributed by atoms with Gasteiger partial charge < -0.3 is 4.84 Å². The SMILES string of the molecule is Fc1cccc(NOc2ccnc(-c3cn[nH]c3)c2)c1. The van der Waals surface area contributed by atoms with Gasteiger partial charge in [-0.2, -0.15) is 5.10 Å². The van der Waals surface area contributed by atoms with Crippen molar-refractivity contribution in [1.82, 2.24) is 15.2 Å². The maximum Gasteiger partial charge on any atom is 0.158 e. The minimum Gasteiger partial charge on any atom is -0.382 e. The molecule has 3 rings (SSSR count). The second kappa shape index (κ2) is 5.40. The number of hydrogen-bond acceptors (Lipinski definition) is 4. The highest BCUT2D eigenvalue weighted by molar-refractivity contribution is 5.58. The zero-order valence-electron chi connectivity index (χ0n) is 10.4. The standard InChI is InChI=1S/C14H11FN4O/c15-11-2-1-3-12(6-11)19-20-13-4-5-16-14(7-13)10-8-17-18-9-10/h1-9,19H,(H,17,18). The molecule has 0 atom stereocenters. The van der Waals surface area contributed by atoms with Gasteiger partial charge in [-0.15, -0.1) is 0 Å². The first-order chi connectivity index (χ1) is 9.81. The second-order valence-corrected chi connectivity index (χ2v) is 4.08. The Bertz CT molecular complexity index is 700. The molecule has 1 aromatic carbocycles. The predicted molar refractivity (Wildman–Crippen MR) is 72.5 cm³/mol. The van der Waals surface area contributed by atoms with Gasteiger partial charge in [-0.25, -0.2) is 9.87 Å². The van der Waals surface area contributed by atoms with Crippen molar-refractivity contribution >= 4 is 5.69 Å². The second-order valence-electron chi connectivity index (χ2n) is 4.08. The Kier molecular flexibility index (Phi) is 3.28. The lowest BCUT2D eigenvalue weighted by Crippen LogP contribution is -2.04. The van der Waals surface area contributed by atoms with E-state index in [1.54, 1.807) is 42.9 Å². The Balaban J connectivity index is 1.73. The number of hydrogen-bond donors (Lipinski definition) is 2. The van der Waals surface area contributed by atoms with Crippen molar-refractivity contribution in [2.24, 2.45) is 0 Å². The van der Waals surface area contributed by atoms with Gasteiger partial charge >= 0.3 is 0 Å². The molecule has 0 amide bonds. The maximum absolute atomic E-state index is 13.0. The zero-order chi connectivity index (χ0) is 13.8. The summed E-state index contributed by atoms with van der Waals surface area (Å²) in [4.78, 5) is 9.62. The molecule has 0 bridgehead atoms. The number of rotatable bonds is 4. The van der Waals surface area contributed by atoms with Crippen LogP contribution in [-0.4, -0.2) is 15.2 Å². The third-order valence-electron chi connectivity index (χ3n) is 2.64. The van der Waals surface area contributed by atoms with Crippen LogP contribution >= 0.6 is 0 Å². The Hall–Kier alpha value is -2.89. The highest BCUT2D eigenvalue weighted by Gasteiger charge is 2.03. The number of H-pyrrole nitrogens is 1. The Morgan fingerprint density at radius 2 is 2.15 bits per heavy atom. The molecular formula is C14H11FN4O. The van der Waals surface area contributed by atoms with Crippen molar-refractivity contribution in [3.63, 3.8) is 0 Å². The third kappa shape index (κ3) is 2.74. The average Bonchev–Trinajstić information content (AvgIpc) is 3.00.